The second-order valence-corrected chi connectivity index (χ2v) is 5.13. The predicted molar refractivity (Wildman–Crippen MR) is 65.3 cm³/mol. The fourth-order valence-electron chi connectivity index (χ4n) is 1.10. The Bertz CT molecular complexity index is 194. The molecular weight excluding hydrogens is 224 g/mol. The lowest BCUT2D eigenvalue weighted by Crippen LogP contribution is -2.07. The third-order valence-electron chi connectivity index (χ3n) is 2.02. The summed E-state index contributed by atoms with van der Waals surface area (Å²) in [6.45, 7) is 11.0. The first-order valence-electron chi connectivity index (χ1n) is 4.82. The highest BCUT2D eigenvalue weighted by atomic mass is 79.9. The molecule has 1 heteroatoms. The molecule has 0 fully saturated rings. The van der Waals surface area contributed by atoms with Crippen LogP contribution in [0, 0.1) is 11.3 Å². The molecule has 76 valence electrons. The summed E-state index contributed by atoms with van der Waals surface area (Å²) in [6, 6.07) is 0. The van der Waals surface area contributed by atoms with Crippen LogP contribution in [0.3, 0.4) is 0 Å². The van der Waals surface area contributed by atoms with Gasteiger partial charge in [0.05, 0.1) is 0 Å². The third-order valence-corrected chi connectivity index (χ3v) is 3.05. The van der Waals surface area contributed by atoms with Gasteiger partial charge < -0.3 is 0 Å². The lowest BCUT2D eigenvalue weighted by Gasteiger charge is -2.20. The van der Waals surface area contributed by atoms with Crippen molar-refractivity contribution < 1.29 is 0 Å². The molecule has 0 aliphatic carbocycles. The van der Waals surface area contributed by atoms with E-state index in [0.717, 1.165) is 5.33 Å². The first kappa shape index (κ1) is 13.0. The molecule has 0 saturated carbocycles. The third kappa shape index (κ3) is 5.30. The van der Waals surface area contributed by atoms with Crippen LogP contribution >= 0.6 is 15.9 Å². The number of alkyl halides is 1. The van der Waals surface area contributed by atoms with Gasteiger partial charge in [0.15, 0.2) is 0 Å². The Balaban J connectivity index is 4.41. The zero-order valence-electron chi connectivity index (χ0n) is 9.39. The first-order chi connectivity index (χ1) is 5.91. The topological polar surface area (TPSA) is 0 Å². The monoisotopic (exact) mass is 244 g/mol. The quantitative estimate of drug-likeness (QED) is 0.505. The largest absolute Gasteiger partial charge is 0.0922 e. The minimum atomic E-state index is 0.261. The summed E-state index contributed by atoms with van der Waals surface area (Å²) in [6.07, 6.45) is 6.69. The molecule has 0 rings (SSSR count). The number of halogens is 1. The maximum Gasteiger partial charge on any atom is 0.00917 e. The van der Waals surface area contributed by atoms with Crippen LogP contribution in [-0.4, -0.2) is 5.33 Å². The second-order valence-electron chi connectivity index (χ2n) is 4.48. The summed E-state index contributed by atoms with van der Waals surface area (Å²) >= 11 is 3.47. The predicted octanol–water partition coefficient (Wildman–Crippen LogP) is 4.57. The first-order valence-corrected chi connectivity index (χ1v) is 5.95. The van der Waals surface area contributed by atoms with Gasteiger partial charge >= 0.3 is 0 Å². The van der Waals surface area contributed by atoms with Crippen molar-refractivity contribution in [3.63, 3.8) is 0 Å². The van der Waals surface area contributed by atoms with E-state index in [4.69, 9.17) is 0 Å². The fourth-order valence-corrected chi connectivity index (χ4v) is 1.31. The molecule has 0 nitrogen and oxygen atoms in total. The van der Waals surface area contributed by atoms with Crippen LogP contribution in [-0.2, 0) is 0 Å². The molecule has 0 radical (unpaired) electrons. The van der Waals surface area contributed by atoms with E-state index in [1.807, 2.05) is 0 Å². The molecule has 0 aromatic rings. The molecule has 0 aromatic heterocycles. The molecule has 0 heterocycles. The van der Waals surface area contributed by atoms with Crippen LogP contribution in [0.4, 0.5) is 0 Å². The zero-order chi connectivity index (χ0) is 10.5. The fraction of sp³-hybridized carbons (Fsp3) is 0.667. The molecule has 0 aromatic carbocycles. The second kappa shape index (κ2) is 5.64. The minimum absolute atomic E-state index is 0.261. The van der Waals surface area contributed by atoms with Gasteiger partial charge in [0, 0.05) is 5.33 Å². The molecule has 0 bridgehead atoms. The summed E-state index contributed by atoms with van der Waals surface area (Å²) in [5.41, 5.74) is 1.66. The molecule has 0 amide bonds. The average molecular weight is 245 g/mol. The Labute approximate surface area is 91.2 Å². The molecule has 0 aliphatic heterocycles. The maximum atomic E-state index is 3.47. The van der Waals surface area contributed by atoms with Gasteiger partial charge in [-0.3, -0.25) is 0 Å². The Morgan fingerprint density at radius 3 is 2.23 bits per heavy atom. The van der Waals surface area contributed by atoms with Gasteiger partial charge in [0.25, 0.3) is 0 Å². The van der Waals surface area contributed by atoms with E-state index < -0.39 is 0 Å². The van der Waals surface area contributed by atoms with Gasteiger partial charge in [-0.15, -0.1) is 0 Å². The lowest BCUT2D eigenvalue weighted by atomic mass is 9.85. The molecule has 0 spiro atoms. The van der Waals surface area contributed by atoms with Crippen molar-refractivity contribution in [2.24, 2.45) is 11.3 Å². The SMILES string of the molecule is C/C=C(\C=C/C(C)CBr)C(C)(C)C. The van der Waals surface area contributed by atoms with Crippen molar-refractivity contribution in [1.82, 2.24) is 0 Å². The molecule has 0 saturated heterocycles. The van der Waals surface area contributed by atoms with Gasteiger partial charge in [0.1, 0.15) is 0 Å². The Morgan fingerprint density at radius 2 is 1.92 bits per heavy atom. The highest BCUT2D eigenvalue weighted by Crippen LogP contribution is 2.26. The Morgan fingerprint density at radius 1 is 1.38 bits per heavy atom. The van der Waals surface area contributed by atoms with Crippen LogP contribution in [0.15, 0.2) is 23.8 Å². The number of allylic oxidation sites excluding steroid dienone is 4. The summed E-state index contributed by atoms with van der Waals surface area (Å²) < 4.78 is 0. The van der Waals surface area contributed by atoms with Gasteiger partial charge in [-0.2, -0.15) is 0 Å². The molecule has 0 aliphatic rings. The summed E-state index contributed by atoms with van der Waals surface area (Å²) in [4.78, 5) is 0. The average Bonchev–Trinajstić information content (AvgIpc) is 2.02. The van der Waals surface area contributed by atoms with Crippen molar-refractivity contribution in [3.8, 4) is 0 Å². The molecule has 13 heavy (non-hydrogen) atoms. The van der Waals surface area contributed by atoms with Crippen LogP contribution in [0.25, 0.3) is 0 Å². The van der Waals surface area contributed by atoms with Crippen molar-refractivity contribution >= 4 is 15.9 Å². The van der Waals surface area contributed by atoms with E-state index in [2.05, 4.69) is 68.8 Å². The van der Waals surface area contributed by atoms with Gasteiger partial charge in [-0.05, 0) is 23.8 Å². The number of hydrogen-bond donors (Lipinski definition) is 0. The van der Waals surface area contributed by atoms with Gasteiger partial charge in [-0.1, -0.05) is 61.9 Å². The van der Waals surface area contributed by atoms with Crippen LogP contribution in [0.1, 0.15) is 34.6 Å². The van der Waals surface area contributed by atoms with Crippen molar-refractivity contribution in [1.29, 1.82) is 0 Å². The molecule has 1 unspecified atom stereocenters. The summed E-state index contributed by atoms with van der Waals surface area (Å²) in [7, 11) is 0. The van der Waals surface area contributed by atoms with E-state index in [9.17, 15) is 0 Å². The van der Waals surface area contributed by atoms with Gasteiger partial charge in [0.2, 0.25) is 0 Å². The Hall–Kier alpha value is -0.0400. The van der Waals surface area contributed by atoms with E-state index in [0.29, 0.717) is 5.92 Å². The highest BCUT2D eigenvalue weighted by Gasteiger charge is 2.13. The number of rotatable bonds is 3. The van der Waals surface area contributed by atoms with Crippen molar-refractivity contribution in [3.05, 3.63) is 23.8 Å². The Kier molecular flexibility index (Phi) is 5.62. The smallest absolute Gasteiger partial charge is 0.00917 e. The van der Waals surface area contributed by atoms with E-state index >= 15 is 0 Å². The van der Waals surface area contributed by atoms with Crippen molar-refractivity contribution in [2.75, 3.05) is 5.33 Å². The van der Waals surface area contributed by atoms with Crippen LogP contribution in [0.2, 0.25) is 0 Å². The van der Waals surface area contributed by atoms with E-state index in [1.165, 1.54) is 5.57 Å². The number of hydrogen-bond acceptors (Lipinski definition) is 0. The minimum Gasteiger partial charge on any atom is -0.0922 e. The zero-order valence-corrected chi connectivity index (χ0v) is 11.0. The van der Waals surface area contributed by atoms with E-state index in [1.54, 1.807) is 0 Å². The van der Waals surface area contributed by atoms with E-state index in [-0.39, 0.29) is 5.41 Å². The maximum absolute atomic E-state index is 3.47. The van der Waals surface area contributed by atoms with Crippen LogP contribution in [0.5, 0.6) is 0 Å². The molecule has 0 N–H and O–H groups in total. The van der Waals surface area contributed by atoms with Crippen LogP contribution < -0.4 is 0 Å². The molecule has 1 atom stereocenters. The summed E-state index contributed by atoms with van der Waals surface area (Å²) in [5.74, 6) is 0.609. The highest BCUT2D eigenvalue weighted by molar-refractivity contribution is 9.09. The van der Waals surface area contributed by atoms with Gasteiger partial charge in [-0.25, -0.2) is 0 Å². The molecular formula is C12H21Br. The lowest BCUT2D eigenvalue weighted by molar-refractivity contribution is 0.515. The summed E-state index contributed by atoms with van der Waals surface area (Å²) in [5, 5.41) is 1.03. The van der Waals surface area contributed by atoms with Crippen molar-refractivity contribution in [2.45, 2.75) is 34.6 Å². The normalized spacial score (nSPS) is 16.6. The standard InChI is InChI=1S/C12H21Br/c1-6-11(12(3,4)5)8-7-10(2)9-13/h6-8,10H,9H2,1-5H3/b8-7-,11-6+.